The van der Waals surface area contributed by atoms with Gasteiger partial charge in [-0.15, -0.1) is 0 Å². The summed E-state index contributed by atoms with van der Waals surface area (Å²) in [5.41, 5.74) is 2.42. The number of urea groups is 1. The van der Waals surface area contributed by atoms with Crippen molar-refractivity contribution in [2.24, 2.45) is 0 Å². The first-order chi connectivity index (χ1) is 14.3. The van der Waals surface area contributed by atoms with E-state index in [2.05, 4.69) is 5.32 Å². The Balaban J connectivity index is 1.45. The van der Waals surface area contributed by atoms with Gasteiger partial charge in [0, 0.05) is 11.1 Å². The molecule has 1 saturated heterocycles. The lowest BCUT2D eigenvalue weighted by molar-refractivity contribution is -0.132. The van der Waals surface area contributed by atoms with Crippen molar-refractivity contribution in [3.63, 3.8) is 0 Å². The summed E-state index contributed by atoms with van der Waals surface area (Å²) in [6.45, 7) is 5.07. The fourth-order valence-corrected chi connectivity index (χ4v) is 3.63. The zero-order chi connectivity index (χ0) is 21.4. The van der Waals surface area contributed by atoms with Gasteiger partial charge in [-0.3, -0.25) is 19.4 Å². The van der Waals surface area contributed by atoms with Gasteiger partial charge in [-0.05, 0) is 45.0 Å². The van der Waals surface area contributed by atoms with E-state index < -0.39 is 29.9 Å². The van der Waals surface area contributed by atoms with Crippen molar-refractivity contribution in [3.05, 3.63) is 65.9 Å². The molecule has 1 aromatic heterocycles. The van der Waals surface area contributed by atoms with Crippen molar-refractivity contribution >= 4 is 34.5 Å². The number of rotatable bonds is 5. The van der Waals surface area contributed by atoms with Crippen LogP contribution in [0.25, 0.3) is 11.0 Å². The minimum Gasteiger partial charge on any atom is -0.459 e. The van der Waals surface area contributed by atoms with Gasteiger partial charge in [0.15, 0.2) is 0 Å². The van der Waals surface area contributed by atoms with Crippen molar-refractivity contribution < 1.29 is 18.8 Å². The third-order valence-electron chi connectivity index (χ3n) is 5.31. The number of hydrogen-bond acceptors (Lipinski definition) is 4. The van der Waals surface area contributed by atoms with Crippen LogP contribution in [0.15, 0.2) is 59.0 Å². The van der Waals surface area contributed by atoms with E-state index >= 15 is 0 Å². The summed E-state index contributed by atoms with van der Waals surface area (Å²) < 4.78 is 5.77. The van der Waals surface area contributed by atoms with E-state index in [1.807, 2.05) is 49.4 Å². The number of furan rings is 1. The highest BCUT2D eigenvalue weighted by atomic mass is 16.3. The van der Waals surface area contributed by atoms with E-state index in [1.165, 1.54) is 4.90 Å². The number of imide groups is 1. The summed E-state index contributed by atoms with van der Waals surface area (Å²) >= 11 is 0. The van der Waals surface area contributed by atoms with Gasteiger partial charge in [0.2, 0.25) is 5.91 Å². The second-order valence-electron chi connectivity index (χ2n) is 7.56. The van der Waals surface area contributed by atoms with Crippen LogP contribution in [0.4, 0.5) is 10.5 Å². The first kappa shape index (κ1) is 19.7. The number of fused-ring (bicyclic) bond motifs is 1. The lowest BCUT2D eigenvalue weighted by atomic mass is 10.2. The van der Waals surface area contributed by atoms with Crippen LogP contribution in [0.2, 0.25) is 0 Å². The summed E-state index contributed by atoms with van der Waals surface area (Å²) in [7, 11) is 0. The molecule has 4 rings (SSSR count). The molecule has 1 aliphatic heterocycles. The second-order valence-corrected chi connectivity index (χ2v) is 7.56. The van der Waals surface area contributed by atoms with Crippen molar-refractivity contribution in [2.75, 3.05) is 11.4 Å². The van der Waals surface area contributed by atoms with Crippen LogP contribution in [-0.4, -0.2) is 35.3 Å². The molecular formula is C23H23N3O4. The molecule has 0 bridgehead atoms. The van der Waals surface area contributed by atoms with Gasteiger partial charge in [-0.1, -0.05) is 35.9 Å². The van der Waals surface area contributed by atoms with Gasteiger partial charge >= 0.3 is 6.03 Å². The fraction of sp³-hybridized carbons (Fsp3) is 0.261. The number of benzene rings is 2. The molecule has 30 heavy (non-hydrogen) atoms. The largest absolute Gasteiger partial charge is 0.459 e. The number of para-hydroxylation sites is 1. The topological polar surface area (TPSA) is 82.9 Å². The average Bonchev–Trinajstić information content (AvgIpc) is 3.24. The molecule has 2 heterocycles. The van der Waals surface area contributed by atoms with Crippen LogP contribution < -0.4 is 10.2 Å². The zero-order valence-corrected chi connectivity index (χ0v) is 17.1. The standard InChI is InChI=1S/C23H23N3O4/c1-14-8-10-18(11-9-14)26-16(3)22(28)25(23(26)29)13-21(27)24-15(2)20-12-17-6-4-5-7-19(17)30-20/h4-12,15-16H,13H2,1-3H3,(H,24,27)/t15-,16+/m0/s1. The maximum absolute atomic E-state index is 12.9. The predicted octanol–water partition coefficient (Wildman–Crippen LogP) is 3.78. The molecular weight excluding hydrogens is 382 g/mol. The Morgan fingerprint density at radius 2 is 1.83 bits per heavy atom. The maximum atomic E-state index is 12.9. The van der Waals surface area contributed by atoms with Crippen LogP contribution in [0.5, 0.6) is 0 Å². The van der Waals surface area contributed by atoms with Crippen molar-refractivity contribution in [3.8, 4) is 0 Å². The molecule has 1 fully saturated rings. The molecule has 2 aromatic carbocycles. The molecule has 154 valence electrons. The summed E-state index contributed by atoms with van der Waals surface area (Å²) in [5, 5.41) is 3.75. The van der Waals surface area contributed by atoms with E-state index in [0.29, 0.717) is 11.4 Å². The van der Waals surface area contributed by atoms with Crippen molar-refractivity contribution in [1.82, 2.24) is 10.2 Å². The Kier molecular flexibility index (Phi) is 5.03. The number of carbonyl (C=O) groups excluding carboxylic acids is 3. The average molecular weight is 405 g/mol. The number of amides is 4. The molecule has 4 amide bonds. The zero-order valence-electron chi connectivity index (χ0n) is 17.1. The Hall–Kier alpha value is -3.61. The molecule has 0 spiro atoms. The van der Waals surface area contributed by atoms with E-state index in [4.69, 9.17) is 4.42 Å². The molecule has 1 N–H and O–H groups in total. The number of carbonyl (C=O) groups is 3. The summed E-state index contributed by atoms with van der Waals surface area (Å²) in [6, 6.07) is 15.2. The van der Waals surface area contributed by atoms with Crippen LogP contribution >= 0.6 is 0 Å². The van der Waals surface area contributed by atoms with Gasteiger partial charge in [0.05, 0.1) is 6.04 Å². The quantitative estimate of drug-likeness (QED) is 0.655. The molecule has 3 aromatic rings. The first-order valence-corrected chi connectivity index (χ1v) is 9.84. The lowest BCUT2D eigenvalue weighted by Gasteiger charge is -2.19. The maximum Gasteiger partial charge on any atom is 0.332 e. The summed E-state index contributed by atoms with van der Waals surface area (Å²) in [6.07, 6.45) is 0. The molecule has 7 nitrogen and oxygen atoms in total. The number of hydrogen-bond donors (Lipinski definition) is 1. The van der Waals surface area contributed by atoms with E-state index in [0.717, 1.165) is 21.4 Å². The number of anilines is 1. The number of nitrogens with one attached hydrogen (secondary N) is 1. The van der Waals surface area contributed by atoms with Crippen molar-refractivity contribution in [1.29, 1.82) is 0 Å². The minimum atomic E-state index is -0.666. The molecule has 0 saturated carbocycles. The minimum absolute atomic E-state index is 0.338. The second kappa shape index (κ2) is 7.67. The number of aryl methyl sites for hydroxylation is 1. The Labute approximate surface area is 174 Å². The lowest BCUT2D eigenvalue weighted by Crippen LogP contribution is -2.42. The molecule has 1 aliphatic rings. The Morgan fingerprint density at radius 1 is 1.13 bits per heavy atom. The third-order valence-corrected chi connectivity index (χ3v) is 5.31. The van der Waals surface area contributed by atoms with E-state index in [9.17, 15) is 14.4 Å². The van der Waals surface area contributed by atoms with Gasteiger partial charge in [0.1, 0.15) is 23.9 Å². The highest BCUT2D eigenvalue weighted by molar-refractivity contribution is 6.15. The smallest absolute Gasteiger partial charge is 0.332 e. The highest BCUT2D eigenvalue weighted by Gasteiger charge is 2.44. The number of nitrogens with zero attached hydrogens (tertiary/aromatic N) is 2. The molecule has 0 aliphatic carbocycles. The van der Waals surface area contributed by atoms with Crippen LogP contribution in [-0.2, 0) is 9.59 Å². The normalized spacial score (nSPS) is 17.6. The molecule has 0 unspecified atom stereocenters. The highest BCUT2D eigenvalue weighted by Crippen LogP contribution is 2.26. The Bertz CT molecular complexity index is 1090. The van der Waals surface area contributed by atoms with E-state index in [1.54, 1.807) is 26.0 Å². The van der Waals surface area contributed by atoms with Crippen LogP contribution in [0.1, 0.15) is 31.2 Å². The van der Waals surface area contributed by atoms with Gasteiger partial charge < -0.3 is 9.73 Å². The third kappa shape index (κ3) is 3.54. The summed E-state index contributed by atoms with van der Waals surface area (Å²) in [4.78, 5) is 40.5. The molecule has 0 radical (unpaired) electrons. The first-order valence-electron chi connectivity index (χ1n) is 9.84. The molecule has 7 heteroatoms. The van der Waals surface area contributed by atoms with Crippen LogP contribution in [0.3, 0.4) is 0 Å². The predicted molar refractivity (Wildman–Crippen MR) is 113 cm³/mol. The monoisotopic (exact) mass is 405 g/mol. The van der Waals surface area contributed by atoms with Gasteiger partial charge in [0.25, 0.3) is 5.91 Å². The Morgan fingerprint density at radius 3 is 2.53 bits per heavy atom. The van der Waals surface area contributed by atoms with Gasteiger partial charge in [-0.25, -0.2) is 4.79 Å². The SMILES string of the molecule is Cc1ccc(N2C(=O)N(CC(=O)N[C@@H](C)c3cc4ccccc4o3)C(=O)[C@H]2C)cc1. The van der Waals surface area contributed by atoms with Crippen molar-refractivity contribution in [2.45, 2.75) is 32.9 Å². The summed E-state index contributed by atoms with van der Waals surface area (Å²) in [5.74, 6) is -0.215. The van der Waals surface area contributed by atoms with Crippen LogP contribution in [0, 0.1) is 6.92 Å². The van der Waals surface area contributed by atoms with Gasteiger partial charge in [-0.2, -0.15) is 0 Å². The van der Waals surface area contributed by atoms with E-state index in [-0.39, 0.29) is 6.54 Å². The fourth-order valence-electron chi connectivity index (χ4n) is 3.63. The molecule has 2 atom stereocenters.